The number of hydrogen-bond acceptors (Lipinski definition) is 7. The molecule has 3 rings (SSSR count). The molecule has 0 atom stereocenters. The molecule has 0 bridgehead atoms. The molecule has 8 heteroatoms. The lowest BCUT2D eigenvalue weighted by Crippen LogP contribution is -2.31. The quantitative estimate of drug-likeness (QED) is 0.177. The van der Waals surface area contributed by atoms with E-state index in [0.717, 1.165) is 0 Å². The van der Waals surface area contributed by atoms with Crippen molar-refractivity contribution in [3.8, 4) is 17.6 Å². The lowest BCUT2D eigenvalue weighted by molar-refractivity contribution is -0.129. The van der Waals surface area contributed by atoms with Gasteiger partial charge >= 0.3 is 11.6 Å². The molecule has 34 heavy (non-hydrogen) atoms. The number of nitriles is 1. The molecule has 0 spiro atoms. The Morgan fingerprint density at radius 2 is 1.82 bits per heavy atom. The van der Waals surface area contributed by atoms with E-state index in [1.54, 1.807) is 30.3 Å². The predicted molar refractivity (Wildman–Crippen MR) is 126 cm³/mol. The number of nitrogens with zero attached hydrogens (tertiary/aromatic N) is 1. The van der Waals surface area contributed by atoms with E-state index >= 15 is 0 Å². The molecule has 0 fully saturated rings. The second-order valence-electron chi connectivity index (χ2n) is 7.81. The van der Waals surface area contributed by atoms with Crippen LogP contribution in [0.3, 0.4) is 0 Å². The lowest BCUT2D eigenvalue weighted by atomic mass is 10.1. The topological polar surface area (TPSA) is 119 Å². The zero-order valence-electron chi connectivity index (χ0n) is 19.1. The second-order valence-corrected chi connectivity index (χ2v) is 7.81. The normalized spacial score (nSPS) is 11.2. The van der Waals surface area contributed by atoms with E-state index in [1.165, 1.54) is 24.3 Å². The Morgan fingerprint density at radius 1 is 1.12 bits per heavy atom. The SMILES string of the molecule is CCOc1ccc(/C=C(\C#N)C(=O)Oc2ccc3cc(C(=O)NCC(C)C)c(=O)oc3c2)cc1. The predicted octanol–water partition coefficient (Wildman–Crippen LogP) is 4.09. The number of amides is 1. The molecular formula is C26H24N2O6. The summed E-state index contributed by atoms with van der Waals surface area (Å²) < 4.78 is 15.9. The lowest BCUT2D eigenvalue weighted by Gasteiger charge is -2.08. The number of fused-ring (bicyclic) bond motifs is 1. The smallest absolute Gasteiger partial charge is 0.354 e. The van der Waals surface area contributed by atoms with Gasteiger partial charge in [0.1, 0.15) is 34.3 Å². The van der Waals surface area contributed by atoms with Crippen LogP contribution in [0.25, 0.3) is 17.0 Å². The number of nitrogens with one attached hydrogen (secondary N) is 1. The molecular weight excluding hydrogens is 436 g/mol. The van der Waals surface area contributed by atoms with Gasteiger partial charge in [-0.3, -0.25) is 4.79 Å². The summed E-state index contributed by atoms with van der Waals surface area (Å²) >= 11 is 0. The van der Waals surface area contributed by atoms with Crippen LogP contribution in [-0.2, 0) is 4.79 Å². The van der Waals surface area contributed by atoms with Crippen molar-refractivity contribution < 1.29 is 23.5 Å². The molecule has 0 saturated heterocycles. The summed E-state index contributed by atoms with van der Waals surface area (Å²) in [4.78, 5) is 37.0. The molecule has 0 unspecified atom stereocenters. The Bertz CT molecular complexity index is 1330. The fourth-order valence-corrected chi connectivity index (χ4v) is 3.00. The summed E-state index contributed by atoms with van der Waals surface area (Å²) in [5.74, 6) is -0.374. The van der Waals surface area contributed by atoms with Gasteiger partial charge in [-0.05, 0) is 54.8 Å². The third-order valence-electron chi connectivity index (χ3n) is 4.68. The van der Waals surface area contributed by atoms with E-state index in [0.29, 0.717) is 29.9 Å². The van der Waals surface area contributed by atoms with Gasteiger partial charge in [0.25, 0.3) is 5.91 Å². The van der Waals surface area contributed by atoms with Crippen molar-refractivity contribution in [2.75, 3.05) is 13.2 Å². The molecule has 1 heterocycles. The third kappa shape index (κ3) is 6.11. The van der Waals surface area contributed by atoms with Crippen LogP contribution < -0.4 is 20.4 Å². The minimum Gasteiger partial charge on any atom is -0.494 e. The molecule has 0 radical (unpaired) electrons. The highest BCUT2D eigenvalue weighted by Gasteiger charge is 2.16. The summed E-state index contributed by atoms with van der Waals surface area (Å²) in [6.07, 6.45) is 1.40. The van der Waals surface area contributed by atoms with Gasteiger partial charge in [-0.1, -0.05) is 26.0 Å². The van der Waals surface area contributed by atoms with Crippen LogP contribution in [0.1, 0.15) is 36.7 Å². The van der Waals surface area contributed by atoms with Crippen molar-refractivity contribution in [3.05, 3.63) is 75.7 Å². The summed E-state index contributed by atoms with van der Waals surface area (Å²) in [6, 6.07) is 14.6. The zero-order valence-corrected chi connectivity index (χ0v) is 19.1. The number of esters is 1. The summed E-state index contributed by atoms with van der Waals surface area (Å²) in [7, 11) is 0. The Morgan fingerprint density at radius 3 is 2.47 bits per heavy atom. The van der Waals surface area contributed by atoms with Crippen LogP contribution in [0.15, 0.2) is 63.3 Å². The first-order valence-electron chi connectivity index (χ1n) is 10.7. The number of benzene rings is 2. The minimum atomic E-state index is -0.859. The van der Waals surface area contributed by atoms with Crippen molar-refractivity contribution in [2.24, 2.45) is 5.92 Å². The summed E-state index contributed by atoms with van der Waals surface area (Å²) in [6.45, 7) is 6.72. The van der Waals surface area contributed by atoms with Gasteiger partial charge in [-0.15, -0.1) is 0 Å². The maximum atomic E-state index is 12.5. The van der Waals surface area contributed by atoms with Crippen molar-refractivity contribution >= 4 is 28.9 Å². The highest BCUT2D eigenvalue weighted by atomic mass is 16.5. The number of carbonyl (C=O) groups excluding carboxylic acids is 2. The van der Waals surface area contributed by atoms with Crippen molar-refractivity contribution in [1.29, 1.82) is 5.26 Å². The Labute approximate surface area is 196 Å². The van der Waals surface area contributed by atoms with Crippen LogP contribution in [-0.4, -0.2) is 25.0 Å². The number of ether oxygens (including phenoxy) is 2. The highest BCUT2D eigenvalue weighted by molar-refractivity contribution is 5.99. The molecule has 0 saturated carbocycles. The Hall–Kier alpha value is -4.38. The summed E-state index contributed by atoms with van der Waals surface area (Å²) in [5.41, 5.74) is -0.342. The monoisotopic (exact) mass is 460 g/mol. The van der Waals surface area contributed by atoms with E-state index in [2.05, 4.69) is 5.32 Å². The zero-order chi connectivity index (χ0) is 24.7. The molecule has 1 amide bonds. The Kier molecular flexibility index (Phi) is 7.83. The fourth-order valence-electron chi connectivity index (χ4n) is 3.00. The van der Waals surface area contributed by atoms with Crippen LogP contribution in [0.2, 0.25) is 0 Å². The number of rotatable bonds is 8. The van der Waals surface area contributed by atoms with Gasteiger partial charge < -0.3 is 19.2 Å². The van der Waals surface area contributed by atoms with Gasteiger partial charge in [0, 0.05) is 18.0 Å². The fraction of sp³-hybridized carbons (Fsp3) is 0.231. The maximum Gasteiger partial charge on any atom is 0.354 e. The first-order chi connectivity index (χ1) is 16.3. The van der Waals surface area contributed by atoms with Crippen molar-refractivity contribution in [3.63, 3.8) is 0 Å². The first kappa shape index (κ1) is 24.3. The first-order valence-corrected chi connectivity index (χ1v) is 10.7. The highest BCUT2D eigenvalue weighted by Crippen LogP contribution is 2.22. The van der Waals surface area contributed by atoms with Gasteiger partial charge in [0.15, 0.2) is 0 Å². The average Bonchev–Trinajstić information content (AvgIpc) is 2.81. The number of carbonyl (C=O) groups is 2. The van der Waals surface area contributed by atoms with Gasteiger partial charge in [0.2, 0.25) is 0 Å². The molecule has 0 aliphatic heterocycles. The molecule has 1 N–H and O–H groups in total. The molecule has 0 aliphatic carbocycles. The molecule has 174 valence electrons. The molecule has 2 aromatic carbocycles. The van der Waals surface area contributed by atoms with E-state index in [1.807, 2.05) is 26.8 Å². The van der Waals surface area contributed by atoms with Crippen LogP contribution in [0.5, 0.6) is 11.5 Å². The van der Waals surface area contributed by atoms with Crippen molar-refractivity contribution in [2.45, 2.75) is 20.8 Å². The van der Waals surface area contributed by atoms with Crippen molar-refractivity contribution in [1.82, 2.24) is 5.32 Å². The third-order valence-corrected chi connectivity index (χ3v) is 4.68. The average molecular weight is 460 g/mol. The van der Waals surface area contributed by atoms with Gasteiger partial charge in [0.05, 0.1) is 6.61 Å². The van der Waals surface area contributed by atoms with E-state index in [-0.39, 0.29) is 28.4 Å². The van der Waals surface area contributed by atoms with Gasteiger partial charge in [-0.2, -0.15) is 5.26 Å². The minimum absolute atomic E-state index is 0.0884. The van der Waals surface area contributed by atoms with Crippen LogP contribution >= 0.6 is 0 Å². The molecule has 3 aromatic rings. The maximum absolute atomic E-state index is 12.5. The molecule has 0 aliphatic rings. The largest absolute Gasteiger partial charge is 0.494 e. The van der Waals surface area contributed by atoms with E-state index < -0.39 is 17.5 Å². The molecule has 8 nitrogen and oxygen atoms in total. The van der Waals surface area contributed by atoms with E-state index in [4.69, 9.17) is 13.9 Å². The van der Waals surface area contributed by atoms with Crippen LogP contribution in [0, 0.1) is 17.2 Å². The standard InChI is InChI=1S/C26H24N2O6/c1-4-32-20-8-5-17(6-9-20)11-19(14-27)25(30)33-21-10-7-18-12-22(24(29)28-15-16(2)3)26(31)34-23(18)13-21/h5-13,16H,4,15H2,1-3H3,(H,28,29)/b19-11+. The molecule has 1 aromatic heterocycles. The number of hydrogen-bond donors (Lipinski definition) is 1. The Balaban J connectivity index is 1.79. The van der Waals surface area contributed by atoms with Gasteiger partial charge in [-0.25, -0.2) is 9.59 Å². The van der Waals surface area contributed by atoms with Crippen LogP contribution in [0.4, 0.5) is 0 Å². The summed E-state index contributed by atoms with van der Waals surface area (Å²) in [5, 5.41) is 12.6. The second kappa shape index (κ2) is 11.0. The van der Waals surface area contributed by atoms with E-state index in [9.17, 15) is 19.6 Å².